The highest BCUT2D eigenvalue weighted by molar-refractivity contribution is 5.28. The second-order valence-corrected chi connectivity index (χ2v) is 4.39. The van der Waals surface area contributed by atoms with Crippen LogP contribution in [0.2, 0.25) is 0 Å². The summed E-state index contributed by atoms with van der Waals surface area (Å²) in [6, 6.07) is 6.84. The number of hydrogen-bond acceptors (Lipinski definition) is 3. The fraction of sp³-hybridized carbons (Fsp3) is 0.571. The molecule has 0 amide bonds. The molecular weight excluding hydrogens is 273 g/mol. The summed E-state index contributed by atoms with van der Waals surface area (Å²) in [5.41, 5.74) is 0.629. The minimum absolute atomic E-state index is 0.116. The average molecular weight is 292 g/mol. The predicted molar refractivity (Wildman–Crippen MR) is 68.7 cm³/mol. The van der Waals surface area contributed by atoms with Crippen molar-refractivity contribution in [1.29, 1.82) is 0 Å². The van der Waals surface area contributed by atoms with Crippen LogP contribution >= 0.6 is 0 Å². The van der Waals surface area contributed by atoms with Gasteiger partial charge in [-0.3, -0.25) is 0 Å². The first-order chi connectivity index (χ1) is 9.42. The van der Waals surface area contributed by atoms with Crippen LogP contribution in [0.4, 0.5) is 13.2 Å². The third kappa shape index (κ3) is 6.77. The van der Waals surface area contributed by atoms with Gasteiger partial charge in [-0.25, -0.2) is 0 Å². The first-order valence-corrected chi connectivity index (χ1v) is 6.47. The number of aliphatic hydroxyl groups excluding tert-OH is 1. The van der Waals surface area contributed by atoms with Crippen molar-refractivity contribution in [2.75, 3.05) is 19.8 Å². The lowest BCUT2D eigenvalue weighted by molar-refractivity contribution is -0.175. The third-order valence-corrected chi connectivity index (χ3v) is 2.54. The first-order valence-electron chi connectivity index (χ1n) is 6.47. The van der Waals surface area contributed by atoms with Crippen molar-refractivity contribution in [3.63, 3.8) is 0 Å². The van der Waals surface area contributed by atoms with Gasteiger partial charge in [0.25, 0.3) is 0 Å². The van der Waals surface area contributed by atoms with Gasteiger partial charge in [0.2, 0.25) is 0 Å². The first kappa shape index (κ1) is 16.8. The summed E-state index contributed by atoms with van der Waals surface area (Å²) in [7, 11) is 0. The number of alkyl halides is 3. The quantitative estimate of drug-likeness (QED) is 0.746. The van der Waals surface area contributed by atoms with E-state index in [0.29, 0.717) is 17.9 Å². The molecule has 0 fully saturated rings. The summed E-state index contributed by atoms with van der Waals surface area (Å²) >= 11 is 0. The fourth-order valence-electron chi connectivity index (χ4n) is 1.56. The molecule has 20 heavy (non-hydrogen) atoms. The Kier molecular flexibility index (Phi) is 6.81. The molecule has 0 saturated carbocycles. The largest absolute Gasteiger partial charge is 0.494 e. The van der Waals surface area contributed by atoms with E-state index in [0.717, 1.165) is 6.42 Å². The molecule has 0 heterocycles. The van der Waals surface area contributed by atoms with Crippen molar-refractivity contribution in [3.05, 3.63) is 29.8 Å². The molecule has 0 saturated heterocycles. The van der Waals surface area contributed by atoms with E-state index in [2.05, 4.69) is 4.74 Å². The van der Waals surface area contributed by atoms with Crippen molar-refractivity contribution < 1.29 is 27.8 Å². The summed E-state index contributed by atoms with van der Waals surface area (Å²) in [5, 5.41) is 9.81. The van der Waals surface area contributed by atoms with Crippen LogP contribution in [-0.2, 0) is 4.74 Å². The van der Waals surface area contributed by atoms with E-state index in [1.165, 1.54) is 0 Å². The second-order valence-electron chi connectivity index (χ2n) is 4.39. The Hall–Kier alpha value is -1.27. The number of benzene rings is 1. The van der Waals surface area contributed by atoms with E-state index in [1.807, 2.05) is 6.92 Å². The zero-order valence-corrected chi connectivity index (χ0v) is 11.3. The number of hydrogen-bond donors (Lipinski definition) is 1. The van der Waals surface area contributed by atoms with Gasteiger partial charge in [-0.1, -0.05) is 19.1 Å². The van der Waals surface area contributed by atoms with Crippen LogP contribution in [0.3, 0.4) is 0 Å². The van der Waals surface area contributed by atoms with Gasteiger partial charge in [0.1, 0.15) is 12.4 Å². The zero-order valence-electron chi connectivity index (χ0n) is 11.3. The Labute approximate surface area is 116 Å². The van der Waals surface area contributed by atoms with Gasteiger partial charge < -0.3 is 14.6 Å². The van der Waals surface area contributed by atoms with Crippen molar-refractivity contribution in [2.45, 2.75) is 32.0 Å². The molecule has 0 aliphatic rings. The number of ether oxygens (including phenoxy) is 2. The van der Waals surface area contributed by atoms with E-state index in [4.69, 9.17) is 4.74 Å². The molecule has 1 N–H and O–H groups in total. The van der Waals surface area contributed by atoms with Gasteiger partial charge >= 0.3 is 6.18 Å². The van der Waals surface area contributed by atoms with Crippen LogP contribution in [0.25, 0.3) is 0 Å². The van der Waals surface area contributed by atoms with Crippen LogP contribution < -0.4 is 4.74 Å². The Morgan fingerprint density at radius 1 is 1.15 bits per heavy atom. The topological polar surface area (TPSA) is 38.7 Å². The van der Waals surface area contributed by atoms with Gasteiger partial charge in [0.05, 0.1) is 12.7 Å². The molecule has 0 radical (unpaired) electrons. The molecule has 1 unspecified atom stereocenters. The van der Waals surface area contributed by atoms with Gasteiger partial charge in [-0.2, -0.15) is 13.2 Å². The number of rotatable bonds is 8. The fourth-order valence-corrected chi connectivity index (χ4v) is 1.56. The van der Waals surface area contributed by atoms with Crippen molar-refractivity contribution in [3.8, 4) is 5.75 Å². The summed E-state index contributed by atoms with van der Waals surface area (Å²) < 4.78 is 45.4. The van der Waals surface area contributed by atoms with E-state index in [-0.39, 0.29) is 13.0 Å². The highest BCUT2D eigenvalue weighted by atomic mass is 19.4. The maximum atomic E-state index is 11.8. The lowest BCUT2D eigenvalue weighted by atomic mass is 10.1. The van der Waals surface area contributed by atoms with Crippen molar-refractivity contribution in [1.82, 2.24) is 0 Å². The van der Waals surface area contributed by atoms with Gasteiger partial charge in [-0.05, 0) is 24.1 Å². The van der Waals surface area contributed by atoms with Crippen molar-refractivity contribution >= 4 is 0 Å². The highest BCUT2D eigenvalue weighted by Gasteiger charge is 2.27. The Bertz CT molecular complexity index is 376. The molecule has 6 heteroatoms. The summed E-state index contributed by atoms with van der Waals surface area (Å²) in [6.07, 6.45) is -4.15. The molecule has 0 bridgehead atoms. The molecule has 1 aromatic rings. The van der Waals surface area contributed by atoms with Crippen LogP contribution in [0.15, 0.2) is 24.3 Å². The average Bonchev–Trinajstić information content (AvgIpc) is 2.40. The van der Waals surface area contributed by atoms with Crippen LogP contribution in [0.1, 0.15) is 31.4 Å². The summed E-state index contributed by atoms with van der Waals surface area (Å²) in [6.45, 7) is 1.19. The maximum absolute atomic E-state index is 11.8. The van der Waals surface area contributed by atoms with Gasteiger partial charge in [0, 0.05) is 13.0 Å². The third-order valence-electron chi connectivity index (χ3n) is 2.54. The lowest BCUT2D eigenvalue weighted by Gasteiger charge is -2.13. The molecule has 0 aromatic heterocycles. The van der Waals surface area contributed by atoms with E-state index < -0.39 is 18.9 Å². The predicted octanol–water partition coefficient (Wildman–Crippen LogP) is 3.48. The zero-order chi connectivity index (χ0) is 15.0. The van der Waals surface area contributed by atoms with Crippen LogP contribution in [0.5, 0.6) is 5.75 Å². The molecular formula is C14H19F3O3. The summed E-state index contributed by atoms with van der Waals surface area (Å²) in [4.78, 5) is 0. The molecule has 1 rings (SSSR count). The smallest absolute Gasteiger partial charge is 0.411 e. The second kappa shape index (κ2) is 8.11. The SMILES string of the molecule is CCCOc1ccc(C(O)CCOCC(F)(F)F)cc1. The molecule has 3 nitrogen and oxygen atoms in total. The van der Waals surface area contributed by atoms with E-state index >= 15 is 0 Å². The Morgan fingerprint density at radius 2 is 1.80 bits per heavy atom. The van der Waals surface area contributed by atoms with E-state index in [9.17, 15) is 18.3 Å². The molecule has 1 aromatic carbocycles. The molecule has 0 spiro atoms. The molecule has 0 aliphatic heterocycles. The van der Waals surface area contributed by atoms with Crippen molar-refractivity contribution in [2.24, 2.45) is 0 Å². The Balaban J connectivity index is 2.34. The molecule has 0 aliphatic carbocycles. The minimum atomic E-state index is -4.33. The van der Waals surface area contributed by atoms with E-state index in [1.54, 1.807) is 24.3 Å². The molecule has 1 atom stereocenters. The highest BCUT2D eigenvalue weighted by Crippen LogP contribution is 2.21. The lowest BCUT2D eigenvalue weighted by Crippen LogP contribution is -2.18. The maximum Gasteiger partial charge on any atom is 0.411 e. The molecule has 114 valence electrons. The Morgan fingerprint density at radius 3 is 2.35 bits per heavy atom. The van der Waals surface area contributed by atoms with Gasteiger partial charge in [-0.15, -0.1) is 0 Å². The number of halogens is 3. The summed E-state index contributed by atoms with van der Waals surface area (Å²) in [5.74, 6) is 0.705. The standard InChI is InChI=1S/C14H19F3O3/c1-2-8-20-12-5-3-11(4-6-12)13(18)7-9-19-10-14(15,16)17/h3-6,13,18H,2,7-10H2,1H3. The van der Waals surface area contributed by atoms with Gasteiger partial charge in [0.15, 0.2) is 0 Å². The minimum Gasteiger partial charge on any atom is -0.494 e. The normalized spacial score (nSPS) is 13.2. The monoisotopic (exact) mass is 292 g/mol. The van der Waals surface area contributed by atoms with Crippen LogP contribution in [-0.4, -0.2) is 31.1 Å². The van der Waals surface area contributed by atoms with Crippen LogP contribution in [0, 0.1) is 0 Å². The number of aliphatic hydroxyl groups is 1.